The van der Waals surface area contributed by atoms with E-state index in [1.54, 1.807) is 6.20 Å². The Bertz CT molecular complexity index is 1500. The second-order valence-corrected chi connectivity index (χ2v) is 12.9. The molecular weight excluding hydrogens is 494 g/mol. The molecule has 3 aliphatic heterocycles. The molecule has 0 saturated carbocycles. The van der Waals surface area contributed by atoms with Crippen molar-refractivity contribution in [3.05, 3.63) is 39.8 Å². The van der Waals surface area contributed by atoms with Crippen molar-refractivity contribution in [2.24, 2.45) is 0 Å². The summed E-state index contributed by atoms with van der Waals surface area (Å²) in [5.74, 6) is 0.504. The molecule has 0 aliphatic carbocycles. The lowest BCUT2D eigenvalue weighted by Crippen LogP contribution is -2.53. The Balaban J connectivity index is 1.28. The normalized spacial score (nSPS) is 22.1. The third kappa shape index (κ3) is 4.57. The Hall–Kier alpha value is -2.76. The third-order valence-electron chi connectivity index (χ3n) is 8.32. The van der Waals surface area contributed by atoms with E-state index >= 15 is 0 Å². The molecule has 0 unspecified atom stereocenters. The van der Waals surface area contributed by atoms with Gasteiger partial charge in [-0.3, -0.25) is 19.2 Å². The van der Waals surface area contributed by atoms with Gasteiger partial charge in [-0.2, -0.15) is 5.10 Å². The van der Waals surface area contributed by atoms with Crippen molar-refractivity contribution in [2.45, 2.75) is 44.7 Å². The summed E-state index contributed by atoms with van der Waals surface area (Å²) in [5.41, 5.74) is 2.77. The van der Waals surface area contributed by atoms with E-state index in [0.29, 0.717) is 55.6 Å². The van der Waals surface area contributed by atoms with E-state index in [-0.39, 0.29) is 35.1 Å². The van der Waals surface area contributed by atoms with Gasteiger partial charge < -0.3 is 14.6 Å². The number of amides is 1. The molecule has 1 N–H and O–H groups in total. The number of aromatic nitrogens is 3. The number of pyridine rings is 1. The van der Waals surface area contributed by atoms with Crippen LogP contribution in [0.4, 0.5) is 0 Å². The molecule has 6 rings (SSSR count). The number of ether oxygens (including phenoxy) is 1. The number of carbonyl (C=O) groups is 1. The molecule has 0 spiro atoms. The fraction of sp³-hybridized carbons (Fsp3) is 0.577. The Labute approximate surface area is 215 Å². The molecule has 0 atom stereocenters. The van der Waals surface area contributed by atoms with Gasteiger partial charge in [-0.05, 0) is 50.3 Å². The molecule has 0 radical (unpaired) electrons. The summed E-state index contributed by atoms with van der Waals surface area (Å²) < 4.78 is 31.1. The van der Waals surface area contributed by atoms with Crippen LogP contribution in [0.3, 0.4) is 0 Å². The SMILES string of the molecule is Cc1cc2[nH]c(=O)c3cnn(C4CCOCC4)c3c2cc1C(=O)N1CCN(C2CCS(=O)(=O)CC2)CC1. The molecule has 37 heavy (non-hydrogen) atoms. The fourth-order valence-electron chi connectivity index (χ4n) is 6.13. The van der Waals surface area contributed by atoms with Gasteiger partial charge in [0, 0.05) is 56.4 Å². The van der Waals surface area contributed by atoms with E-state index in [0.717, 1.165) is 42.4 Å². The molecule has 3 aliphatic rings. The second kappa shape index (κ2) is 9.52. The van der Waals surface area contributed by atoms with Crippen LogP contribution in [-0.4, -0.2) is 95.8 Å². The highest BCUT2D eigenvalue weighted by Gasteiger charge is 2.32. The minimum absolute atomic E-state index is 0.0123. The van der Waals surface area contributed by atoms with Gasteiger partial charge in [0.05, 0.1) is 40.2 Å². The molecule has 0 bridgehead atoms. The first kappa shape index (κ1) is 24.6. The molecule has 2 aromatic heterocycles. The highest BCUT2D eigenvalue weighted by molar-refractivity contribution is 7.91. The van der Waals surface area contributed by atoms with Gasteiger partial charge in [0.15, 0.2) is 0 Å². The van der Waals surface area contributed by atoms with Gasteiger partial charge in [0.1, 0.15) is 9.84 Å². The van der Waals surface area contributed by atoms with Crippen molar-refractivity contribution in [1.29, 1.82) is 0 Å². The van der Waals surface area contributed by atoms with Crippen LogP contribution in [0.1, 0.15) is 47.6 Å². The van der Waals surface area contributed by atoms with E-state index in [2.05, 4.69) is 15.0 Å². The number of carbonyl (C=O) groups excluding carboxylic acids is 1. The standard InChI is InChI=1S/C26H33N5O5S/c1-17-14-23-21(24-22(25(32)28-23)16-27-31(24)19-2-10-36-11-3-19)15-20(17)26(33)30-8-6-29(7-9-30)18-4-12-37(34,35)13-5-18/h14-16,18-19H,2-13H2,1H3,(H,28,32). The van der Waals surface area contributed by atoms with Crippen LogP contribution in [0.5, 0.6) is 0 Å². The minimum atomic E-state index is -2.89. The van der Waals surface area contributed by atoms with Crippen LogP contribution < -0.4 is 5.56 Å². The first-order valence-corrected chi connectivity index (χ1v) is 15.0. The number of fused-ring (bicyclic) bond motifs is 3. The highest BCUT2D eigenvalue weighted by atomic mass is 32.2. The Morgan fingerprint density at radius 1 is 1.00 bits per heavy atom. The molecule has 11 heteroatoms. The predicted molar refractivity (Wildman–Crippen MR) is 141 cm³/mol. The van der Waals surface area contributed by atoms with Crippen LogP contribution >= 0.6 is 0 Å². The van der Waals surface area contributed by atoms with Crippen molar-refractivity contribution < 1.29 is 17.9 Å². The average molecular weight is 528 g/mol. The number of nitrogens with one attached hydrogen (secondary N) is 1. The van der Waals surface area contributed by atoms with E-state index in [1.807, 2.05) is 28.6 Å². The quantitative estimate of drug-likeness (QED) is 0.553. The molecule has 198 valence electrons. The van der Waals surface area contributed by atoms with Gasteiger partial charge in [0.2, 0.25) is 0 Å². The lowest BCUT2D eigenvalue weighted by Gasteiger charge is -2.40. The number of hydrogen-bond acceptors (Lipinski definition) is 7. The molecule has 1 amide bonds. The summed E-state index contributed by atoms with van der Waals surface area (Å²) >= 11 is 0. The number of aryl methyl sites for hydroxylation is 1. The van der Waals surface area contributed by atoms with Gasteiger partial charge in [-0.15, -0.1) is 0 Å². The van der Waals surface area contributed by atoms with Crippen LogP contribution in [0.15, 0.2) is 23.1 Å². The van der Waals surface area contributed by atoms with Crippen LogP contribution in [0, 0.1) is 6.92 Å². The number of hydrogen-bond donors (Lipinski definition) is 1. The third-order valence-corrected chi connectivity index (χ3v) is 10.0. The first-order chi connectivity index (χ1) is 17.8. The molecule has 10 nitrogen and oxygen atoms in total. The highest BCUT2D eigenvalue weighted by Crippen LogP contribution is 2.30. The maximum absolute atomic E-state index is 13.7. The topological polar surface area (TPSA) is 118 Å². The molecule has 3 saturated heterocycles. The number of sulfone groups is 1. The number of nitrogens with zero attached hydrogens (tertiary/aromatic N) is 4. The van der Waals surface area contributed by atoms with Gasteiger partial charge in [-0.25, -0.2) is 8.42 Å². The predicted octanol–water partition coefficient (Wildman–Crippen LogP) is 1.87. The van der Waals surface area contributed by atoms with Crippen molar-refractivity contribution in [2.75, 3.05) is 50.9 Å². The molecule has 3 aromatic rings. The first-order valence-electron chi connectivity index (χ1n) is 13.2. The lowest BCUT2D eigenvalue weighted by molar-refractivity contribution is 0.0557. The Morgan fingerprint density at radius 2 is 1.70 bits per heavy atom. The van der Waals surface area contributed by atoms with Gasteiger partial charge in [0.25, 0.3) is 11.5 Å². The van der Waals surface area contributed by atoms with Crippen molar-refractivity contribution >= 4 is 37.6 Å². The van der Waals surface area contributed by atoms with Crippen molar-refractivity contribution in [1.82, 2.24) is 24.6 Å². The van der Waals surface area contributed by atoms with Crippen LogP contribution in [0.2, 0.25) is 0 Å². The summed E-state index contributed by atoms with van der Waals surface area (Å²) in [4.78, 5) is 33.7. The monoisotopic (exact) mass is 527 g/mol. The minimum Gasteiger partial charge on any atom is -0.381 e. The van der Waals surface area contributed by atoms with E-state index in [9.17, 15) is 18.0 Å². The molecule has 1 aromatic carbocycles. The largest absolute Gasteiger partial charge is 0.381 e. The molecule has 5 heterocycles. The van der Waals surface area contributed by atoms with Crippen LogP contribution in [-0.2, 0) is 14.6 Å². The Morgan fingerprint density at radius 3 is 2.41 bits per heavy atom. The summed E-state index contributed by atoms with van der Waals surface area (Å²) in [6.45, 7) is 5.95. The lowest BCUT2D eigenvalue weighted by atomic mass is 10.0. The zero-order valence-electron chi connectivity index (χ0n) is 21.1. The zero-order valence-corrected chi connectivity index (χ0v) is 21.9. The summed E-state index contributed by atoms with van der Waals surface area (Å²) in [7, 11) is -2.89. The smallest absolute Gasteiger partial charge is 0.259 e. The average Bonchev–Trinajstić information content (AvgIpc) is 3.35. The Kier molecular flexibility index (Phi) is 6.32. The molecular formula is C26H33N5O5S. The van der Waals surface area contributed by atoms with E-state index in [1.165, 1.54) is 0 Å². The number of rotatable bonds is 3. The maximum Gasteiger partial charge on any atom is 0.259 e. The van der Waals surface area contributed by atoms with Gasteiger partial charge in [-0.1, -0.05) is 0 Å². The van der Waals surface area contributed by atoms with Crippen molar-refractivity contribution in [3.63, 3.8) is 0 Å². The number of benzene rings is 1. The maximum atomic E-state index is 13.7. The van der Waals surface area contributed by atoms with E-state index in [4.69, 9.17) is 4.74 Å². The summed E-state index contributed by atoms with van der Waals surface area (Å²) in [6, 6.07) is 4.24. The zero-order chi connectivity index (χ0) is 25.7. The number of piperazine rings is 1. The fourth-order valence-corrected chi connectivity index (χ4v) is 7.60. The molecule has 3 fully saturated rings. The van der Waals surface area contributed by atoms with Gasteiger partial charge >= 0.3 is 0 Å². The summed E-state index contributed by atoms with van der Waals surface area (Å²) in [6.07, 6.45) is 4.64. The van der Waals surface area contributed by atoms with Crippen LogP contribution in [0.25, 0.3) is 21.8 Å². The number of H-pyrrole nitrogens is 1. The summed E-state index contributed by atoms with van der Waals surface area (Å²) in [5, 5.41) is 5.94. The number of aromatic amines is 1. The van der Waals surface area contributed by atoms with Crippen molar-refractivity contribution in [3.8, 4) is 0 Å². The second-order valence-electron chi connectivity index (χ2n) is 10.6. The van der Waals surface area contributed by atoms with E-state index < -0.39 is 9.84 Å².